The van der Waals surface area contributed by atoms with E-state index in [0.717, 1.165) is 5.56 Å². The number of esters is 1. The minimum atomic E-state index is -0.448. The highest BCUT2D eigenvalue weighted by Gasteiger charge is 2.15. The lowest BCUT2D eigenvalue weighted by Crippen LogP contribution is -2.20. The maximum absolute atomic E-state index is 12.5. The number of aromatic nitrogens is 1. The van der Waals surface area contributed by atoms with Gasteiger partial charge in [-0.2, -0.15) is 0 Å². The van der Waals surface area contributed by atoms with Crippen LogP contribution < -0.4 is 14.8 Å². The first kappa shape index (κ1) is 24.0. The van der Waals surface area contributed by atoms with Crippen LogP contribution in [-0.4, -0.2) is 37.2 Å². The lowest BCUT2D eigenvalue weighted by Gasteiger charge is -2.13. The average molecular weight is 491 g/mol. The first-order valence-electron chi connectivity index (χ1n) is 10.9. The Bertz CT molecular complexity index is 1390. The van der Waals surface area contributed by atoms with Crippen molar-refractivity contribution in [3.05, 3.63) is 83.4 Å². The molecule has 1 amide bonds. The standard InChI is InChI=1S/C27H23ClN2O5/c1-3-34-27(32)18-10-11-23-22(13-18)25(15-24(30-23)17-6-4-9-21(12-17)33-2)35-16-26(31)29-20-8-5-7-19(28)14-20/h4-15H,3,16H2,1-2H3,(H,29,31). The lowest BCUT2D eigenvalue weighted by molar-refractivity contribution is -0.118. The average Bonchev–Trinajstić information content (AvgIpc) is 2.87. The molecule has 3 aromatic carbocycles. The Balaban J connectivity index is 1.68. The minimum Gasteiger partial charge on any atom is -0.497 e. The van der Waals surface area contributed by atoms with Gasteiger partial charge >= 0.3 is 5.97 Å². The molecule has 0 bridgehead atoms. The van der Waals surface area contributed by atoms with E-state index in [0.29, 0.717) is 44.4 Å². The zero-order valence-electron chi connectivity index (χ0n) is 19.2. The van der Waals surface area contributed by atoms with Crippen molar-refractivity contribution >= 4 is 40.1 Å². The third kappa shape index (κ3) is 5.88. The number of halogens is 1. The van der Waals surface area contributed by atoms with Gasteiger partial charge in [0.15, 0.2) is 6.61 Å². The molecule has 1 aromatic heterocycles. The molecule has 0 spiro atoms. The predicted octanol–water partition coefficient (Wildman–Crippen LogP) is 5.76. The Hall–Kier alpha value is -4.10. The van der Waals surface area contributed by atoms with E-state index in [1.165, 1.54) is 0 Å². The third-order valence-corrected chi connectivity index (χ3v) is 5.35. The first-order chi connectivity index (χ1) is 17.0. The molecule has 0 aliphatic rings. The van der Waals surface area contributed by atoms with Gasteiger partial charge in [0.1, 0.15) is 11.5 Å². The van der Waals surface area contributed by atoms with Gasteiger partial charge in [0.2, 0.25) is 0 Å². The largest absolute Gasteiger partial charge is 0.497 e. The summed E-state index contributed by atoms with van der Waals surface area (Å²) in [7, 11) is 1.59. The fourth-order valence-electron chi connectivity index (χ4n) is 3.49. The molecule has 4 aromatic rings. The maximum Gasteiger partial charge on any atom is 0.338 e. The van der Waals surface area contributed by atoms with Crippen LogP contribution in [0.15, 0.2) is 72.8 Å². The van der Waals surface area contributed by atoms with E-state index in [1.54, 1.807) is 62.6 Å². The summed E-state index contributed by atoms with van der Waals surface area (Å²) in [6, 6.07) is 21.1. The normalized spacial score (nSPS) is 10.6. The molecule has 4 rings (SSSR count). The number of rotatable bonds is 8. The molecule has 0 aliphatic carbocycles. The highest BCUT2D eigenvalue weighted by molar-refractivity contribution is 6.30. The summed E-state index contributed by atoms with van der Waals surface area (Å²) in [4.78, 5) is 29.6. The van der Waals surface area contributed by atoms with E-state index in [2.05, 4.69) is 5.32 Å². The number of nitrogens with one attached hydrogen (secondary N) is 1. The summed E-state index contributed by atoms with van der Waals surface area (Å²) < 4.78 is 16.4. The van der Waals surface area contributed by atoms with Gasteiger partial charge in [0.05, 0.1) is 30.5 Å². The molecule has 178 valence electrons. The van der Waals surface area contributed by atoms with E-state index in [9.17, 15) is 9.59 Å². The summed E-state index contributed by atoms with van der Waals surface area (Å²) in [6.07, 6.45) is 0. The third-order valence-electron chi connectivity index (χ3n) is 5.11. The number of nitrogens with zero attached hydrogens (tertiary/aromatic N) is 1. The Morgan fingerprint density at radius 2 is 1.83 bits per heavy atom. The molecule has 0 saturated heterocycles. The molecule has 0 radical (unpaired) electrons. The Morgan fingerprint density at radius 1 is 1.00 bits per heavy atom. The Morgan fingerprint density at radius 3 is 2.60 bits per heavy atom. The van der Waals surface area contributed by atoms with Gasteiger partial charge in [-0.05, 0) is 55.5 Å². The van der Waals surface area contributed by atoms with E-state index >= 15 is 0 Å². The van der Waals surface area contributed by atoms with Crippen molar-refractivity contribution in [1.29, 1.82) is 0 Å². The number of anilines is 1. The molecule has 0 aliphatic heterocycles. The highest BCUT2D eigenvalue weighted by Crippen LogP contribution is 2.32. The number of hydrogen-bond donors (Lipinski definition) is 1. The van der Waals surface area contributed by atoms with Crippen molar-refractivity contribution in [3.63, 3.8) is 0 Å². The molecule has 0 unspecified atom stereocenters. The van der Waals surface area contributed by atoms with Gasteiger partial charge in [-0.15, -0.1) is 0 Å². The SMILES string of the molecule is CCOC(=O)c1ccc2nc(-c3cccc(OC)c3)cc(OCC(=O)Nc3cccc(Cl)c3)c2c1. The van der Waals surface area contributed by atoms with E-state index in [-0.39, 0.29) is 19.1 Å². The van der Waals surface area contributed by atoms with E-state index in [1.807, 2.05) is 24.3 Å². The first-order valence-corrected chi connectivity index (χ1v) is 11.3. The number of fused-ring (bicyclic) bond motifs is 1. The van der Waals surface area contributed by atoms with E-state index in [4.69, 9.17) is 30.8 Å². The van der Waals surface area contributed by atoms with Crippen LogP contribution in [0.5, 0.6) is 11.5 Å². The van der Waals surface area contributed by atoms with Crippen LogP contribution in [0.2, 0.25) is 5.02 Å². The number of hydrogen-bond acceptors (Lipinski definition) is 6. The molecule has 7 nitrogen and oxygen atoms in total. The van der Waals surface area contributed by atoms with Crippen molar-refractivity contribution in [2.24, 2.45) is 0 Å². The number of benzene rings is 3. The molecular weight excluding hydrogens is 468 g/mol. The molecular formula is C27H23ClN2O5. The molecule has 35 heavy (non-hydrogen) atoms. The van der Waals surface area contributed by atoms with Gasteiger partial charge < -0.3 is 19.5 Å². The maximum atomic E-state index is 12.5. The second-order valence-electron chi connectivity index (χ2n) is 7.54. The van der Waals surface area contributed by atoms with Gasteiger partial charge in [0.25, 0.3) is 5.91 Å². The van der Waals surface area contributed by atoms with Crippen molar-refractivity contribution in [2.75, 3.05) is 25.6 Å². The zero-order valence-corrected chi connectivity index (χ0v) is 20.0. The quantitative estimate of drug-likeness (QED) is 0.316. The van der Waals surface area contributed by atoms with Gasteiger partial charge in [-0.3, -0.25) is 4.79 Å². The predicted molar refractivity (Wildman–Crippen MR) is 135 cm³/mol. The van der Waals surface area contributed by atoms with Crippen LogP contribution in [0.1, 0.15) is 17.3 Å². The topological polar surface area (TPSA) is 86.8 Å². The molecule has 1 heterocycles. The van der Waals surface area contributed by atoms with Crippen LogP contribution in [0.4, 0.5) is 5.69 Å². The molecule has 0 saturated carbocycles. The zero-order chi connectivity index (χ0) is 24.8. The van der Waals surface area contributed by atoms with Gasteiger partial charge in [0, 0.05) is 27.7 Å². The van der Waals surface area contributed by atoms with Crippen LogP contribution in [-0.2, 0) is 9.53 Å². The van der Waals surface area contributed by atoms with Crippen molar-refractivity contribution in [1.82, 2.24) is 4.98 Å². The number of methoxy groups -OCH3 is 1. The van der Waals surface area contributed by atoms with Crippen LogP contribution >= 0.6 is 11.6 Å². The fourth-order valence-corrected chi connectivity index (χ4v) is 3.68. The number of carbonyl (C=O) groups excluding carboxylic acids is 2. The minimum absolute atomic E-state index is 0.257. The highest BCUT2D eigenvalue weighted by atomic mass is 35.5. The number of amides is 1. The molecule has 0 atom stereocenters. The van der Waals surface area contributed by atoms with Gasteiger partial charge in [-0.1, -0.05) is 29.8 Å². The van der Waals surface area contributed by atoms with Crippen LogP contribution in [0.3, 0.4) is 0 Å². The Labute approximate surface area is 207 Å². The summed E-state index contributed by atoms with van der Waals surface area (Å²) in [5, 5.41) is 3.85. The monoisotopic (exact) mass is 490 g/mol. The molecule has 0 fully saturated rings. The second kappa shape index (κ2) is 10.9. The lowest BCUT2D eigenvalue weighted by atomic mass is 10.1. The summed E-state index contributed by atoms with van der Waals surface area (Å²) in [5.41, 5.74) is 2.97. The fraction of sp³-hybridized carbons (Fsp3) is 0.148. The number of ether oxygens (including phenoxy) is 3. The Kier molecular flexibility index (Phi) is 7.48. The number of pyridine rings is 1. The second-order valence-corrected chi connectivity index (χ2v) is 7.97. The van der Waals surface area contributed by atoms with Crippen molar-refractivity contribution < 1.29 is 23.8 Å². The van der Waals surface area contributed by atoms with E-state index < -0.39 is 5.97 Å². The smallest absolute Gasteiger partial charge is 0.338 e. The number of carbonyl (C=O) groups is 2. The summed E-state index contributed by atoms with van der Waals surface area (Å²) in [5.74, 6) is 0.281. The van der Waals surface area contributed by atoms with Crippen molar-refractivity contribution in [2.45, 2.75) is 6.92 Å². The summed E-state index contributed by atoms with van der Waals surface area (Å²) >= 11 is 5.99. The molecule has 1 N–H and O–H groups in total. The van der Waals surface area contributed by atoms with Crippen molar-refractivity contribution in [3.8, 4) is 22.8 Å². The molecule has 8 heteroatoms. The van der Waals surface area contributed by atoms with Crippen LogP contribution in [0, 0.1) is 0 Å². The van der Waals surface area contributed by atoms with Crippen LogP contribution in [0.25, 0.3) is 22.2 Å². The summed E-state index contributed by atoms with van der Waals surface area (Å²) in [6.45, 7) is 1.75. The van der Waals surface area contributed by atoms with Gasteiger partial charge in [-0.25, -0.2) is 9.78 Å².